The lowest BCUT2D eigenvalue weighted by atomic mass is 10.2. The lowest BCUT2D eigenvalue weighted by Gasteiger charge is -2.34. The van der Waals surface area contributed by atoms with E-state index in [2.05, 4.69) is 39.4 Å². The summed E-state index contributed by atoms with van der Waals surface area (Å²) in [7, 11) is 3.98. The smallest absolute Gasteiger partial charge is 0.276 e. The number of piperazine rings is 1. The second-order valence-corrected chi connectivity index (χ2v) is 6.09. The van der Waals surface area contributed by atoms with Crippen molar-refractivity contribution in [2.75, 3.05) is 43.4 Å². The lowest BCUT2D eigenvalue weighted by molar-refractivity contribution is 0.102. The molecule has 0 bridgehead atoms. The van der Waals surface area contributed by atoms with Gasteiger partial charge in [0.1, 0.15) is 0 Å². The van der Waals surface area contributed by atoms with Gasteiger partial charge in [-0.05, 0) is 44.3 Å². The van der Waals surface area contributed by atoms with Crippen molar-refractivity contribution in [3.8, 4) is 0 Å². The van der Waals surface area contributed by atoms with E-state index in [1.54, 1.807) is 10.7 Å². The highest BCUT2D eigenvalue weighted by molar-refractivity contribution is 6.03. The molecule has 1 aromatic carbocycles. The van der Waals surface area contributed by atoms with Crippen LogP contribution in [-0.2, 0) is 7.05 Å². The van der Waals surface area contributed by atoms with Gasteiger partial charge < -0.3 is 15.1 Å². The van der Waals surface area contributed by atoms with Crippen LogP contribution in [0, 0.1) is 6.92 Å². The highest BCUT2D eigenvalue weighted by Gasteiger charge is 2.15. The molecule has 0 saturated carbocycles. The van der Waals surface area contributed by atoms with Crippen LogP contribution in [0.5, 0.6) is 0 Å². The molecule has 1 saturated heterocycles. The van der Waals surface area contributed by atoms with Crippen LogP contribution in [0.1, 0.15) is 16.2 Å². The number of rotatable bonds is 3. The number of hydrogen-bond acceptors (Lipinski definition) is 4. The number of hydrogen-bond donors (Lipinski definition) is 1. The van der Waals surface area contributed by atoms with Gasteiger partial charge in [0.25, 0.3) is 5.91 Å². The molecule has 6 heteroatoms. The number of aromatic nitrogens is 2. The van der Waals surface area contributed by atoms with Gasteiger partial charge in [-0.3, -0.25) is 9.48 Å². The molecule has 3 rings (SSSR count). The summed E-state index contributed by atoms with van der Waals surface area (Å²) in [5.74, 6) is -0.180. The average Bonchev–Trinajstić information content (AvgIpc) is 2.88. The number of benzene rings is 1. The van der Waals surface area contributed by atoms with Crippen molar-refractivity contribution < 1.29 is 4.79 Å². The fourth-order valence-electron chi connectivity index (χ4n) is 2.69. The van der Waals surface area contributed by atoms with Gasteiger partial charge in [-0.15, -0.1) is 0 Å². The van der Waals surface area contributed by atoms with Crippen molar-refractivity contribution >= 4 is 17.3 Å². The molecule has 1 aliphatic rings. The first-order valence-corrected chi connectivity index (χ1v) is 7.88. The van der Waals surface area contributed by atoms with E-state index in [1.165, 1.54) is 5.69 Å². The van der Waals surface area contributed by atoms with Gasteiger partial charge in [0.2, 0.25) is 0 Å². The maximum Gasteiger partial charge on any atom is 0.276 e. The molecule has 1 amide bonds. The first kappa shape index (κ1) is 15.6. The van der Waals surface area contributed by atoms with Crippen LogP contribution in [0.2, 0.25) is 0 Å². The maximum atomic E-state index is 12.2. The quantitative estimate of drug-likeness (QED) is 0.938. The van der Waals surface area contributed by atoms with E-state index in [9.17, 15) is 4.79 Å². The number of amides is 1. The first-order valence-electron chi connectivity index (χ1n) is 7.88. The standard InChI is InChI=1S/C17H23N5O/c1-13-12-16(19-21(13)3)17(23)18-14-4-6-15(7-5-14)22-10-8-20(2)9-11-22/h4-7,12H,8-11H2,1-3H3,(H,18,23). The molecule has 0 aliphatic carbocycles. The topological polar surface area (TPSA) is 53.4 Å². The van der Waals surface area contributed by atoms with Crippen LogP contribution < -0.4 is 10.2 Å². The van der Waals surface area contributed by atoms with Crippen LogP contribution in [0.4, 0.5) is 11.4 Å². The molecular formula is C17H23N5O. The van der Waals surface area contributed by atoms with Crippen molar-refractivity contribution in [2.24, 2.45) is 7.05 Å². The van der Waals surface area contributed by atoms with Crippen molar-refractivity contribution in [2.45, 2.75) is 6.92 Å². The van der Waals surface area contributed by atoms with Crippen LogP contribution in [0.3, 0.4) is 0 Å². The van der Waals surface area contributed by atoms with Gasteiger partial charge in [-0.2, -0.15) is 5.10 Å². The molecule has 1 fully saturated rings. The second-order valence-electron chi connectivity index (χ2n) is 6.09. The van der Waals surface area contributed by atoms with Gasteiger partial charge in [0, 0.05) is 50.3 Å². The van der Waals surface area contributed by atoms with Gasteiger partial charge in [-0.25, -0.2) is 0 Å². The maximum absolute atomic E-state index is 12.2. The van der Waals surface area contributed by atoms with Crippen LogP contribution in [-0.4, -0.2) is 53.8 Å². The van der Waals surface area contributed by atoms with Crippen LogP contribution in [0.25, 0.3) is 0 Å². The monoisotopic (exact) mass is 313 g/mol. The first-order chi connectivity index (χ1) is 11.0. The van der Waals surface area contributed by atoms with E-state index in [-0.39, 0.29) is 5.91 Å². The molecule has 2 aromatic rings. The SMILES string of the molecule is Cc1cc(C(=O)Nc2ccc(N3CCN(C)CC3)cc2)nn1C. The predicted octanol–water partition coefficient (Wildman–Crippen LogP) is 1.73. The summed E-state index contributed by atoms with van der Waals surface area (Å²) in [5.41, 5.74) is 3.38. The molecule has 1 aromatic heterocycles. The Labute approximate surface area is 136 Å². The number of carbonyl (C=O) groups is 1. The average molecular weight is 313 g/mol. The Morgan fingerprint density at radius 2 is 1.74 bits per heavy atom. The Morgan fingerprint density at radius 3 is 2.30 bits per heavy atom. The molecule has 1 aliphatic heterocycles. The van der Waals surface area contributed by atoms with E-state index in [4.69, 9.17) is 0 Å². The van der Waals surface area contributed by atoms with E-state index >= 15 is 0 Å². The summed E-state index contributed by atoms with van der Waals surface area (Å²) in [6, 6.07) is 9.80. The van der Waals surface area contributed by atoms with Crippen molar-refractivity contribution in [3.05, 3.63) is 41.7 Å². The zero-order valence-corrected chi connectivity index (χ0v) is 13.9. The highest BCUT2D eigenvalue weighted by Crippen LogP contribution is 2.19. The summed E-state index contributed by atoms with van der Waals surface area (Å²) in [4.78, 5) is 16.9. The fourth-order valence-corrected chi connectivity index (χ4v) is 2.69. The number of aryl methyl sites for hydroxylation is 2. The van der Waals surface area contributed by atoms with Gasteiger partial charge >= 0.3 is 0 Å². The summed E-state index contributed by atoms with van der Waals surface area (Å²) in [6.07, 6.45) is 0. The summed E-state index contributed by atoms with van der Waals surface area (Å²) in [5, 5.41) is 7.09. The minimum atomic E-state index is -0.180. The number of carbonyl (C=O) groups excluding carboxylic acids is 1. The van der Waals surface area contributed by atoms with Crippen molar-refractivity contribution in [1.29, 1.82) is 0 Å². The predicted molar refractivity (Wildman–Crippen MR) is 92.1 cm³/mol. The molecule has 0 unspecified atom stereocenters. The normalized spacial score (nSPS) is 15.7. The summed E-state index contributed by atoms with van der Waals surface area (Å²) < 4.78 is 1.70. The minimum Gasteiger partial charge on any atom is -0.369 e. The number of nitrogens with one attached hydrogen (secondary N) is 1. The van der Waals surface area contributed by atoms with Crippen LogP contribution >= 0.6 is 0 Å². The largest absolute Gasteiger partial charge is 0.369 e. The molecule has 2 heterocycles. The third-order valence-electron chi connectivity index (χ3n) is 4.34. The zero-order chi connectivity index (χ0) is 16.4. The third kappa shape index (κ3) is 3.53. The van der Waals surface area contributed by atoms with E-state index in [0.717, 1.165) is 37.6 Å². The molecule has 6 nitrogen and oxygen atoms in total. The number of likely N-dealkylation sites (N-methyl/N-ethyl adjacent to an activating group) is 1. The van der Waals surface area contributed by atoms with Gasteiger partial charge in [0.15, 0.2) is 5.69 Å². The molecule has 1 N–H and O–H groups in total. The molecule has 0 atom stereocenters. The third-order valence-corrected chi connectivity index (χ3v) is 4.34. The van der Waals surface area contributed by atoms with E-state index in [1.807, 2.05) is 26.1 Å². The Kier molecular flexibility index (Phi) is 4.34. The molecule has 0 radical (unpaired) electrons. The van der Waals surface area contributed by atoms with E-state index in [0.29, 0.717) is 5.69 Å². The fraction of sp³-hybridized carbons (Fsp3) is 0.412. The van der Waals surface area contributed by atoms with Gasteiger partial charge in [0.05, 0.1) is 0 Å². The Balaban J connectivity index is 1.64. The molecular weight excluding hydrogens is 290 g/mol. The lowest BCUT2D eigenvalue weighted by Crippen LogP contribution is -2.44. The van der Waals surface area contributed by atoms with Crippen molar-refractivity contribution in [1.82, 2.24) is 14.7 Å². The number of nitrogens with zero attached hydrogens (tertiary/aromatic N) is 4. The van der Waals surface area contributed by atoms with Crippen molar-refractivity contribution in [3.63, 3.8) is 0 Å². The minimum absolute atomic E-state index is 0.180. The molecule has 0 spiro atoms. The zero-order valence-electron chi connectivity index (χ0n) is 13.9. The molecule has 23 heavy (non-hydrogen) atoms. The Morgan fingerprint density at radius 1 is 1.09 bits per heavy atom. The van der Waals surface area contributed by atoms with Crippen LogP contribution in [0.15, 0.2) is 30.3 Å². The van der Waals surface area contributed by atoms with Gasteiger partial charge in [-0.1, -0.05) is 0 Å². The highest BCUT2D eigenvalue weighted by atomic mass is 16.1. The number of anilines is 2. The Bertz CT molecular complexity index is 664. The summed E-state index contributed by atoms with van der Waals surface area (Å²) >= 11 is 0. The second kappa shape index (κ2) is 6.42. The Hall–Kier alpha value is -2.34. The van der Waals surface area contributed by atoms with E-state index < -0.39 is 0 Å². The molecule has 122 valence electrons. The summed E-state index contributed by atoms with van der Waals surface area (Å²) in [6.45, 7) is 6.16.